The highest BCUT2D eigenvalue weighted by molar-refractivity contribution is 6.00. The van der Waals surface area contributed by atoms with Crippen LogP contribution >= 0.6 is 0 Å². The average molecular weight is 345 g/mol. The Balaban J connectivity index is 1.74. The number of carbonyl (C=O) groups excluding carboxylic acids is 2. The van der Waals surface area contributed by atoms with E-state index in [9.17, 15) is 14.7 Å². The molecule has 0 aliphatic heterocycles. The van der Waals surface area contributed by atoms with E-state index in [0.29, 0.717) is 16.7 Å². The fourth-order valence-electron chi connectivity index (χ4n) is 2.20. The van der Waals surface area contributed by atoms with E-state index in [1.54, 1.807) is 18.2 Å². The molecule has 25 heavy (non-hydrogen) atoms. The summed E-state index contributed by atoms with van der Waals surface area (Å²) in [6, 6.07) is 5.59. The Morgan fingerprint density at radius 1 is 1.36 bits per heavy atom. The van der Waals surface area contributed by atoms with E-state index in [1.165, 1.54) is 30.5 Å². The average Bonchev–Trinajstić information content (AvgIpc) is 3.28. The lowest BCUT2D eigenvalue weighted by molar-refractivity contribution is -0.119. The molecule has 3 N–H and O–H groups in total. The molecule has 0 saturated heterocycles. The highest BCUT2D eigenvalue weighted by atomic mass is 16.5. The first-order valence-corrected chi connectivity index (χ1v) is 7.26. The minimum absolute atomic E-state index is 0.00459. The van der Waals surface area contributed by atoms with Crippen molar-refractivity contribution in [1.82, 2.24) is 20.2 Å². The number of aliphatic hydroxyl groups excluding tert-OH is 1. The van der Waals surface area contributed by atoms with E-state index in [0.717, 1.165) is 0 Å². The number of para-hydroxylation sites is 1. The quantitative estimate of drug-likeness (QED) is 0.568. The van der Waals surface area contributed by atoms with Crippen molar-refractivity contribution in [3.05, 3.63) is 42.7 Å². The van der Waals surface area contributed by atoms with Gasteiger partial charge in [-0.1, -0.05) is 12.1 Å². The molecule has 3 aromatic rings. The van der Waals surface area contributed by atoms with Crippen LogP contribution in [0.1, 0.15) is 10.6 Å². The van der Waals surface area contributed by atoms with E-state index >= 15 is 0 Å². The van der Waals surface area contributed by atoms with Crippen molar-refractivity contribution in [1.29, 1.82) is 0 Å². The van der Waals surface area contributed by atoms with Gasteiger partial charge in [-0.05, 0) is 12.1 Å². The lowest BCUT2D eigenvalue weighted by Gasteiger charge is -2.15. The molecule has 10 nitrogen and oxygen atoms in total. The van der Waals surface area contributed by atoms with Crippen LogP contribution in [0, 0.1) is 0 Å². The van der Waals surface area contributed by atoms with Crippen LogP contribution in [0.4, 0.5) is 0 Å². The maximum atomic E-state index is 12.3. The Morgan fingerprint density at radius 3 is 2.80 bits per heavy atom. The first kappa shape index (κ1) is 16.5. The summed E-state index contributed by atoms with van der Waals surface area (Å²) >= 11 is 0. The van der Waals surface area contributed by atoms with Crippen LogP contribution < -0.4 is 15.5 Å². The molecule has 0 fully saturated rings. The molecule has 1 aromatic carbocycles. The standard InChI is InChI=1S/C15H15N5O5/c1-24-11-4-2-3-9-5-12(25-13(9)11)15(23)18-10(6-21)14(22)19-20-7-16-17-8-20/h2-5,7-8,10,21H,6H2,1H3,(H,18,23)(H,19,22). The Morgan fingerprint density at radius 2 is 2.12 bits per heavy atom. The van der Waals surface area contributed by atoms with Gasteiger partial charge in [0.2, 0.25) is 0 Å². The topological polar surface area (TPSA) is 132 Å². The number of aromatic nitrogens is 3. The first-order valence-electron chi connectivity index (χ1n) is 7.26. The number of aliphatic hydroxyl groups is 1. The normalized spacial score (nSPS) is 11.9. The summed E-state index contributed by atoms with van der Waals surface area (Å²) in [6.07, 6.45) is 2.53. The molecule has 1 atom stereocenters. The van der Waals surface area contributed by atoms with Crippen molar-refractivity contribution < 1.29 is 23.8 Å². The van der Waals surface area contributed by atoms with Crippen LogP contribution in [0.3, 0.4) is 0 Å². The summed E-state index contributed by atoms with van der Waals surface area (Å²) in [7, 11) is 1.49. The molecule has 0 radical (unpaired) electrons. The molecular formula is C15H15N5O5. The summed E-state index contributed by atoms with van der Waals surface area (Å²) < 4.78 is 11.9. The zero-order chi connectivity index (χ0) is 17.8. The highest BCUT2D eigenvalue weighted by Gasteiger charge is 2.23. The minimum atomic E-state index is -1.18. The number of nitrogens with one attached hydrogen (secondary N) is 2. The lowest BCUT2D eigenvalue weighted by Crippen LogP contribution is -2.47. The molecule has 130 valence electrons. The van der Waals surface area contributed by atoms with Gasteiger partial charge < -0.3 is 19.6 Å². The number of nitrogens with zero attached hydrogens (tertiary/aromatic N) is 3. The van der Waals surface area contributed by atoms with Gasteiger partial charge in [0.05, 0.1) is 13.7 Å². The second kappa shape index (κ2) is 7.01. The molecule has 1 unspecified atom stereocenters. The smallest absolute Gasteiger partial charge is 0.287 e. The monoisotopic (exact) mass is 345 g/mol. The van der Waals surface area contributed by atoms with Gasteiger partial charge in [-0.2, -0.15) is 0 Å². The molecule has 2 heterocycles. The van der Waals surface area contributed by atoms with Crippen LogP contribution in [0.2, 0.25) is 0 Å². The molecule has 0 aliphatic carbocycles. The van der Waals surface area contributed by atoms with Crippen molar-refractivity contribution >= 4 is 22.8 Å². The Bertz CT molecular complexity index is 889. The molecule has 0 spiro atoms. The maximum Gasteiger partial charge on any atom is 0.287 e. The zero-order valence-corrected chi connectivity index (χ0v) is 13.2. The van der Waals surface area contributed by atoms with E-state index in [-0.39, 0.29) is 5.76 Å². The largest absolute Gasteiger partial charge is 0.493 e. The van der Waals surface area contributed by atoms with Gasteiger partial charge in [0, 0.05) is 5.39 Å². The Hall–Kier alpha value is -3.40. The molecule has 0 saturated carbocycles. The van der Waals surface area contributed by atoms with Crippen molar-refractivity contribution in [2.24, 2.45) is 0 Å². The molecular weight excluding hydrogens is 330 g/mol. The number of rotatable bonds is 6. The Kier molecular flexibility index (Phi) is 4.61. The summed E-state index contributed by atoms with van der Waals surface area (Å²) in [6.45, 7) is -0.594. The van der Waals surface area contributed by atoms with Gasteiger partial charge >= 0.3 is 0 Å². The predicted molar refractivity (Wildman–Crippen MR) is 85.5 cm³/mol. The highest BCUT2D eigenvalue weighted by Crippen LogP contribution is 2.28. The fourth-order valence-corrected chi connectivity index (χ4v) is 2.20. The number of amides is 2. The van der Waals surface area contributed by atoms with E-state index in [1.807, 2.05) is 0 Å². The second-order valence-electron chi connectivity index (χ2n) is 5.04. The second-order valence-corrected chi connectivity index (χ2v) is 5.04. The van der Waals surface area contributed by atoms with Crippen molar-refractivity contribution in [3.8, 4) is 5.75 Å². The van der Waals surface area contributed by atoms with E-state index < -0.39 is 24.5 Å². The number of methoxy groups -OCH3 is 1. The molecule has 0 bridgehead atoms. The van der Waals surface area contributed by atoms with Crippen LogP contribution in [-0.4, -0.2) is 51.6 Å². The summed E-state index contributed by atoms with van der Waals surface area (Å²) in [5.41, 5.74) is 2.82. The third kappa shape index (κ3) is 3.43. The van der Waals surface area contributed by atoms with Crippen LogP contribution in [-0.2, 0) is 4.79 Å². The van der Waals surface area contributed by atoms with Crippen LogP contribution in [0.25, 0.3) is 11.0 Å². The van der Waals surface area contributed by atoms with Gasteiger partial charge in [0.1, 0.15) is 18.7 Å². The third-order valence-electron chi connectivity index (χ3n) is 3.41. The summed E-state index contributed by atoms with van der Waals surface area (Å²) in [4.78, 5) is 24.4. The zero-order valence-electron chi connectivity index (χ0n) is 13.2. The molecule has 2 aromatic heterocycles. The van der Waals surface area contributed by atoms with Crippen molar-refractivity contribution in [2.45, 2.75) is 6.04 Å². The molecule has 3 rings (SSSR count). The van der Waals surface area contributed by atoms with Gasteiger partial charge in [-0.3, -0.25) is 15.0 Å². The summed E-state index contributed by atoms with van der Waals surface area (Å²) in [5, 5.41) is 19.5. The minimum Gasteiger partial charge on any atom is -0.493 e. The van der Waals surface area contributed by atoms with E-state index in [2.05, 4.69) is 20.9 Å². The number of benzene rings is 1. The summed E-state index contributed by atoms with van der Waals surface area (Å²) in [5.74, 6) is -0.795. The first-order chi connectivity index (χ1) is 12.1. The number of hydrogen-bond acceptors (Lipinski definition) is 7. The molecule has 10 heteroatoms. The van der Waals surface area contributed by atoms with Gasteiger partial charge in [-0.25, -0.2) is 4.68 Å². The number of hydrogen-bond donors (Lipinski definition) is 3. The van der Waals surface area contributed by atoms with Crippen molar-refractivity contribution in [3.63, 3.8) is 0 Å². The van der Waals surface area contributed by atoms with Crippen LogP contribution in [0.5, 0.6) is 5.75 Å². The molecule has 0 aliphatic rings. The predicted octanol–water partition coefficient (Wildman–Crippen LogP) is -0.106. The van der Waals surface area contributed by atoms with E-state index in [4.69, 9.17) is 9.15 Å². The fraction of sp³-hybridized carbons (Fsp3) is 0.200. The number of carbonyl (C=O) groups is 2. The number of fused-ring (bicyclic) bond motifs is 1. The van der Waals surface area contributed by atoms with Crippen LogP contribution in [0.15, 0.2) is 41.3 Å². The number of ether oxygens (including phenoxy) is 1. The lowest BCUT2D eigenvalue weighted by atomic mass is 10.2. The van der Waals surface area contributed by atoms with Gasteiger partial charge in [0.25, 0.3) is 11.8 Å². The third-order valence-corrected chi connectivity index (χ3v) is 3.41. The van der Waals surface area contributed by atoms with Gasteiger partial charge in [0.15, 0.2) is 17.1 Å². The Labute approximate surface area is 141 Å². The molecule has 2 amide bonds. The van der Waals surface area contributed by atoms with Crippen molar-refractivity contribution in [2.75, 3.05) is 19.1 Å². The number of furan rings is 1. The maximum absolute atomic E-state index is 12.3. The van der Waals surface area contributed by atoms with Gasteiger partial charge in [-0.15, -0.1) is 10.2 Å². The SMILES string of the molecule is COc1cccc2cc(C(=O)NC(CO)C(=O)Nn3cnnc3)oc12.